The van der Waals surface area contributed by atoms with E-state index in [2.05, 4.69) is 12.1 Å². The summed E-state index contributed by atoms with van der Waals surface area (Å²) < 4.78 is 19.0. The van der Waals surface area contributed by atoms with E-state index in [4.69, 9.17) is 14.2 Å². The van der Waals surface area contributed by atoms with Crippen molar-refractivity contribution < 1.29 is 19.3 Å². The fraction of sp³-hybridized carbons (Fsp3) is 0.333. The van der Waals surface area contributed by atoms with Crippen LogP contribution in [0, 0.1) is 0 Å². The van der Waals surface area contributed by atoms with Crippen molar-refractivity contribution in [1.82, 2.24) is 0 Å². The summed E-state index contributed by atoms with van der Waals surface area (Å²) >= 11 is 1.62. The van der Waals surface area contributed by atoms with E-state index in [0.29, 0.717) is 19.6 Å². The Morgan fingerprint density at radius 3 is 1.78 bits per heavy atom. The molecule has 1 aliphatic rings. The molecule has 0 radical (unpaired) electrons. The number of aliphatic hydroxyl groups excluding tert-OH is 1. The van der Waals surface area contributed by atoms with Crippen LogP contribution in [0.2, 0.25) is 0 Å². The highest BCUT2D eigenvalue weighted by Gasteiger charge is 2.46. The van der Waals surface area contributed by atoms with Gasteiger partial charge in [-0.05, 0) is 29.7 Å². The molecule has 1 saturated heterocycles. The molecule has 4 rings (SSSR count). The SMILES string of the molecule is CCC1O[C@@H](Sc2ccccc2)C(OCc2ccccc2)[C@@H](OCc2ccccc2)[C@H]1O. The number of benzene rings is 3. The Morgan fingerprint density at radius 1 is 0.750 bits per heavy atom. The van der Waals surface area contributed by atoms with Gasteiger partial charge in [-0.1, -0.05) is 97.5 Å². The maximum absolute atomic E-state index is 11.1. The second kappa shape index (κ2) is 11.6. The van der Waals surface area contributed by atoms with E-state index in [9.17, 15) is 5.11 Å². The minimum Gasteiger partial charge on any atom is -0.388 e. The lowest BCUT2D eigenvalue weighted by Crippen LogP contribution is -2.58. The molecule has 0 amide bonds. The van der Waals surface area contributed by atoms with Crippen molar-refractivity contribution in [3.8, 4) is 0 Å². The molecule has 5 atom stereocenters. The summed E-state index contributed by atoms with van der Waals surface area (Å²) in [5, 5.41) is 11.1. The second-order valence-corrected chi connectivity index (χ2v) is 9.07. The van der Waals surface area contributed by atoms with Crippen LogP contribution >= 0.6 is 11.8 Å². The molecule has 1 fully saturated rings. The van der Waals surface area contributed by atoms with Crippen molar-refractivity contribution >= 4 is 11.8 Å². The quantitative estimate of drug-likeness (QED) is 0.470. The molecule has 0 aromatic heterocycles. The van der Waals surface area contributed by atoms with Gasteiger partial charge in [0.15, 0.2) is 0 Å². The molecule has 2 unspecified atom stereocenters. The van der Waals surface area contributed by atoms with E-state index >= 15 is 0 Å². The number of rotatable bonds is 9. The van der Waals surface area contributed by atoms with Gasteiger partial charge < -0.3 is 19.3 Å². The van der Waals surface area contributed by atoms with Crippen molar-refractivity contribution in [3.63, 3.8) is 0 Å². The van der Waals surface area contributed by atoms with Crippen LogP contribution in [0.3, 0.4) is 0 Å². The van der Waals surface area contributed by atoms with E-state index in [1.54, 1.807) is 11.8 Å². The van der Waals surface area contributed by atoms with E-state index in [1.807, 2.05) is 85.8 Å². The lowest BCUT2D eigenvalue weighted by atomic mass is 9.97. The monoisotopic (exact) mass is 450 g/mol. The van der Waals surface area contributed by atoms with Gasteiger partial charge in [0, 0.05) is 4.90 Å². The van der Waals surface area contributed by atoms with Crippen molar-refractivity contribution in [2.45, 2.75) is 61.3 Å². The molecule has 3 aromatic carbocycles. The van der Waals surface area contributed by atoms with Gasteiger partial charge in [-0.25, -0.2) is 0 Å². The predicted octanol–water partition coefficient (Wildman–Crippen LogP) is 5.45. The van der Waals surface area contributed by atoms with Crippen LogP contribution in [-0.4, -0.2) is 35.0 Å². The van der Waals surface area contributed by atoms with Gasteiger partial charge in [0.25, 0.3) is 0 Å². The Kier molecular flexibility index (Phi) is 8.37. The summed E-state index contributed by atoms with van der Waals surface area (Å²) in [6.45, 7) is 2.86. The van der Waals surface area contributed by atoms with Gasteiger partial charge in [-0.3, -0.25) is 0 Å². The zero-order valence-electron chi connectivity index (χ0n) is 18.2. The van der Waals surface area contributed by atoms with E-state index in [0.717, 1.165) is 16.0 Å². The zero-order valence-corrected chi connectivity index (χ0v) is 19.1. The Bertz CT molecular complexity index is 922. The first-order valence-electron chi connectivity index (χ1n) is 11.1. The molecule has 1 N–H and O–H groups in total. The van der Waals surface area contributed by atoms with E-state index < -0.39 is 18.3 Å². The van der Waals surface area contributed by atoms with Crippen LogP contribution in [0.4, 0.5) is 0 Å². The fourth-order valence-corrected chi connectivity index (χ4v) is 5.01. The summed E-state index contributed by atoms with van der Waals surface area (Å²) in [7, 11) is 0. The molecular formula is C27H30O4S. The summed E-state index contributed by atoms with van der Waals surface area (Å²) in [6, 6.07) is 30.2. The molecule has 3 aromatic rings. The van der Waals surface area contributed by atoms with Crippen LogP contribution in [0.5, 0.6) is 0 Å². The number of hydrogen-bond acceptors (Lipinski definition) is 5. The zero-order chi connectivity index (χ0) is 22.2. The third kappa shape index (κ3) is 6.00. The molecule has 0 bridgehead atoms. The topological polar surface area (TPSA) is 47.9 Å². The highest BCUT2D eigenvalue weighted by Crippen LogP contribution is 2.37. The summed E-state index contributed by atoms with van der Waals surface area (Å²) in [5.41, 5.74) is 1.84. The maximum atomic E-state index is 11.1. The summed E-state index contributed by atoms with van der Waals surface area (Å²) in [4.78, 5) is 1.10. The number of hydrogen-bond donors (Lipinski definition) is 1. The number of aliphatic hydroxyl groups is 1. The van der Waals surface area contributed by atoms with Gasteiger partial charge in [-0.15, -0.1) is 0 Å². The molecule has 4 nitrogen and oxygen atoms in total. The normalized spacial score (nSPS) is 25.5. The molecule has 1 aliphatic heterocycles. The Labute approximate surface area is 194 Å². The van der Waals surface area contributed by atoms with E-state index in [1.165, 1.54) is 0 Å². The molecule has 1 heterocycles. The summed E-state index contributed by atoms with van der Waals surface area (Å²) in [5.74, 6) is 0. The van der Waals surface area contributed by atoms with Crippen molar-refractivity contribution in [1.29, 1.82) is 0 Å². The average molecular weight is 451 g/mol. The van der Waals surface area contributed by atoms with Gasteiger partial charge in [0.05, 0.1) is 19.3 Å². The molecule has 0 saturated carbocycles. The first kappa shape index (κ1) is 23.0. The lowest BCUT2D eigenvalue weighted by Gasteiger charge is -2.44. The molecule has 32 heavy (non-hydrogen) atoms. The average Bonchev–Trinajstić information content (AvgIpc) is 2.85. The van der Waals surface area contributed by atoms with Gasteiger partial charge in [-0.2, -0.15) is 0 Å². The van der Waals surface area contributed by atoms with Gasteiger partial charge in [0.2, 0.25) is 0 Å². The molecule has 0 aliphatic carbocycles. The van der Waals surface area contributed by atoms with Crippen LogP contribution < -0.4 is 0 Å². The molecular weight excluding hydrogens is 420 g/mol. The van der Waals surface area contributed by atoms with Crippen molar-refractivity contribution in [2.24, 2.45) is 0 Å². The van der Waals surface area contributed by atoms with Crippen molar-refractivity contribution in [3.05, 3.63) is 102 Å². The van der Waals surface area contributed by atoms with Crippen LogP contribution in [0.15, 0.2) is 95.9 Å². The standard InChI is InChI=1S/C27H30O4S/c1-2-23-24(28)25(29-18-20-12-6-3-7-13-20)26(30-19-21-14-8-4-9-15-21)27(31-23)32-22-16-10-5-11-17-22/h3-17,23-28H,2,18-19H2,1H3/t23?,24-,25-,26?,27-/m0/s1. The minimum atomic E-state index is -0.767. The van der Waals surface area contributed by atoms with Crippen molar-refractivity contribution in [2.75, 3.05) is 0 Å². The third-order valence-corrected chi connectivity index (χ3v) is 6.74. The van der Waals surface area contributed by atoms with Gasteiger partial charge in [0.1, 0.15) is 23.7 Å². The van der Waals surface area contributed by atoms with E-state index in [-0.39, 0.29) is 11.5 Å². The first-order valence-corrected chi connectivity index (χ1v) is 12.0. The first-order chi connectivity index (χ1) is 15.7. The summed E-state index contributed by atoms with van der Waals surface area (Å²) in [6.07, 6.45) is -1.31. The smallest absolute Gasteiger partial charge is 0.136 e. The second-order valence-electron chi connectivity index (χ2n) is 7.90. The Morgan fingerprint density at radius 2 is 1.25 bits per heavy atom. The van der Waals surface area contributed by atoms with Crippen LogP contribution in [-0.2, 0) is 27.4 Å². The fourth-order valence-electron chi connectivity index (χ4n) is 3.86. The predicted molar refractivity (Wildman–Crippen MR) is 127 cm³/mol. The lowest BCUT2D eigenvalue weighted by molar-refractivity contribution is -0.232. The van der Waals surface area contributed by atoms with Crippen LogP contribution in [0.25, 0.3) is 0 Å². The highest BCUT2D eigenvalue weighted by molar-refractivity contribution is 7.99. The largest absolute Gasteiger partial charge is 0.388 e. The maximum Gasteiger partial charge on any atom is 0.136 e. The molecule has 168 valence electrons. The Hall–Kier alpha value is -2.15. The Balaban J connectivity index is 1.56. The third-order valence-electron chi connectivity index (χ3n) is 5.59. The van der Waals surface area contributed by atoms with Gasteiger partial charge >= 0.3 is 0 Å². The molecule has 0 spiro atoms. The number of ether oxygens (including phenoxy) is 3. The minimum absolute atomic E-state index is 0.296. The molecule has 5 heteroatoms. The van der Waals surface area contributed by atoms with Crippen LogP contribution in [0.1, 0.15) is 24.5 Å². The number of thioether (sulfide) groups is 1. The highest BCUT2D eigenvalue weighted by atomic mass is 32.2.